The van der Waals surface area contributed by atoms with Gasteiger partial charge in [-0.25, -0.2) is 13.1 Å². The minimum Gasteiger partial charge on any atom is -0.480 e. The molecule has 6 heteroatoms. The Bertz CT molecular complexity index is 663. The van der Waals surface area contributed by atoms with Gasteiger partial charge in [0, 0.05) is 0 Å². The molecule has 1 aromatic rings. The predicted octanol–water partition coefficient (Wildman–Crippen LogP) is 2.18. The summed E-state index contributed by atoms with van der Waals surface area (Å²) in [6.45, 7) is 0. The quantitative estimate of drug-likeness (QED) is 0.799. The molecule has 1 atom stereocenters. The van der Waals surface area contributed by atoms with E-state index in [-0.39, 0.29) is 17.6 Å². The standard InChI is InChI=1S/C17H23NO4S/c19-16(20)15(10-13-4-2-1-3-5-13)18-23(21,22)12-17-8-6-14(11-17)7-9-17/h1-5,14-15,18H,6-12H2,(H,19,20)/t14?,15-,17?/m0/s1. The highest BCUT2D eigenvalue weighted by Crippen LogP contribution is 2.54. The monoisotopic (exact) mass is 337 g/mol. The molecule has 0 amide bonds. The van der Waals surface area contributed by atoms with Gasteiger partial charge in [-0.05, 0) is 55.4 Å². The van der Waals surface area contributed by atoms with Crippen LogP contribution < -0.4 is 4.72 Å². The smallest absolute Gasteiger partial charge is 0.322 e. The number of sulfonamides is 1. The van der Waals surface area contributed by atoms with Crippen LogP contribution >= 0.6 is 0 Å². The minimum absolute atomic E-state index is 0.0646. The highest BCUT2D eigenvalue weighted by molar-refractivity contribution is 7.89. The lowest BCUT2D eigenvalue weighted by molar-refractivity contribution is -0.138. The molecule has 0 spiro atoms. The van der Waals surface area contributed by atoms with Crippen LogP contribution in [-0.4, -0.2) is 31.3 Å². The zero-order valence-corrected chi connectivity index (χ0v) is 13.9. The van der Waals surface area contributed by atoms with E-state index in [4.69, 9.17) is 0 Å². The Morgan fingerprint density at radius 3 is 2.43 bits per heavy atom. The first-order valence-electron chi connectivity index (χ1n) is 8.14. The van der Waals surface area contributed by atoms with E-state index in [0.29, 0.717) is 5.92 Å². The van der Waals surface area contributed by atoms with E-state index in [0.717, 1.165) is 37.7 Å². The van der Waals surface area contributed by atoms with Crippen LogP contribution in [0.5, 0.6) is 0 Å². The molecule has 1 aromatic carbocycles. The van der Waals surface area contributed by atoms with Crippen LogP contribution in [0.3, 0.4) is 0 Å². The summed E-state index contributed by atoms with van der Waals surface area (Å²) in [5.74, 6) is -0.398. The van der Waals surface area contributed by atoms with Crippen molar-refractivity contribution in [2.45, 2.75) is 44.6 Å². The summed E-state index contributed by atoms with van der Waals surface area (Å²) in [5, 5.41) is 9.36. The van der Waals surface area contributed by atoms with Crippen molar-refractivity contribution >= 4 is 16.0 Å². The fourth-order valence-corrected chi connectivity index (χ4v) is 6.12. The van der Waals surface area contributed by atoms with Crippen molar-refractivity contribution in [3.63, 3.8) is 0 Å². The molecule has 23 heavy (non-hydrogen) atoms. The fraction of sp³-hybridized carbons (Fsp3) is 0.588. The van der Waals surface area contributed by atoms with Crippen LogP contribution in [-0.2, 0) is 21.2 Å². The predicted molar refractivity (Wildman–Crippen MR) is 87.5 cm³/mol. The SMILES string of the molecule is O=C(O)[C@H](Cc1ccccc1)NS(=O)(=O)CC12CCC(CC1)C2. The molecule has 126 valence electrons. The maximum Gasteiger partial charge on any atom is 0.322 e. The van der Waals surface area contributed by atoms with Crippen molar-refractivity contribution in [2.24, 2.45) is 11.3 Å². The molecular weight excluding hydrogens is 314 g/mol. The first kappa shape index (κ1) is 16.5. The number of hydrogen-bond donors (Lipinski definition) is 2. The molecule has 2 aliphatic carbocycles. The second-order valence-electron chi connectivity index (χ2n) is 7.10. The third-order valence-corrected chi connectivity index (χ3v) is 6.92. The maximum absolute atomic E-state index is 12.5. The van der Waals surface area contributed by atoms with Crippen molar-refractivity contribution in [3.8, 4) is 0 Å². The van der Waals surface area contributed by atoms with Gasteiger partial charge >= 0.3 is 5.97 Å². The second-order valence-corrected chi connectivity index (χ2v) is 8.86. The molecule has 3 rings (SSSR count). The van der Waals surface area contributed by atoms with Crippen molar-refractivity contribution in [1.82, 2.24) is 4.72 Å². The number of fused-ring (bicyclic) bond motifs is 2. The third-order valence-electron chi connectivity index (χ3n) is 5.29. The van der Waals surface area contributed by atoms with Gasteiger partial charge < -0.3 is 5.11 Å². The van der Waals surface area contributed by atoms with E-state index in [1.165, 1.54) is 0 Å². The van der Waals surface area contributed by atoms with Crippen molar-refractivity contribution in [3.05, 3.63) is 35.9 Å². The molecule has 5 nitrogen and oxygen atoms in total. The topological polar surface area (TPSA) is 83.5 Å². The summed E-state index contributed by atoms with van der Waals surface area (Å²) in [6, 6.07) is 7.98. The van der Waals surface area contributed by atoms with Gasteiger partial charge in [0.1, 0.15) is 6.04 Å². The number of aliphatic carboxylic acids is 1. The zero-order valence-electron chi connectivity index (χ0n) is 13.1. The van der Waals surface area contributed by atoms with Crippen LogP contribution in [0.2, 0.25) is 0 Å². The van der Waals surface area contributed by atoms with Gasteiger partial charge in [-0.3, -0.25) is 4.79 Å². The molecular formula is C17H23NO4S. The largest absolute Gasteiger partial charge is 0.480 e. The molecule has 0 aliphatic heterocycles. The van der Waals surface area contributed by atoms with E-state index in [9.17, 15) is 18.3 Å². The average Bonchev–Trinajstić information content (AvgIpc) is 3.06. The molecule has 0 aromatic heterocycles. The molecule has 2 fully saturated rings. The van der Waals surface area contributed by atoms with E-state index in [1.54, 1.807) is 0 Å². The van der Waals surface area contributed by atoms with Crippen molar-refractivity contribution in [1.29, 1.82) is 0 Å². The first-order valence-corrected chi connectivity index (χ1v) is 9.79. The van der Waals surface area contributed by atoms with Gasteiger partial charge in [-0.1, -0.05) is 30.3 Å². The van der Waals surface area contributed by atoms with Crippen LogP contribution in [0.1, 0.15) is 37.7 Å². The Balaban J connectivity index is 1.68. The van der Waals surface area contributed by atoms with E-state index < -0.39 is 22.0 Å². The summed E-state index contributed by atoms with van der Waals surface area (Å²) in [6.07, 6.45) is 5.27. The Labute approximate surface area is 137 Å². The lowest BCUT2D eigenvalue weighted by Gasteiger charge is -2.27. The Hall–Kier alpha value is -1.40. The van der Waals surface area contributed by atoms with E-state index in [1.807, 2.05) is 30.3 Å². The fourth-order valence-electron chi connectivity index (χ4n) is 4.20. The first-order chi connectivity index (χ1) is 10.9. The highest BCUT2D eigenvalue weighted by Gasteiger charge is 2.47. The Morgan fingerprint density at radius 1 is 1.26 bits per heavy atom. The molecule has 2 bridgehead atoms. The number of nitrogens with one attached hydrogen (secondary N) is 1. The van der Waals surface area contributed by atoms with Gasteiger partial charge in [-0.15, -0.1) is 0 Å². The van der Waals surface area contributed by atoms with Crippen molar-refractivity contribution < 1.29 is 18.3 Å². The summed E-state index contributed by atoms with van der Waals surface area (Å²) >= 11 is 0. The molecule has 0 saturated heterocycles. The van der Waals surface area contributed by atoms with E-state index in [2.05, 4.69) is 4.72 Å². The summed E-state index contributed by atoms with van der Waals surface area (Å²) in [4.78, 5) is 11.4. The molecule has 0 radical (unpaired) electrons. The van der Waals surface area contributed by atoms with Gasteiger partial charge in [0.25, 0.3) is 0 Å². The minimum atomic E-state index is -3.60. The number of rotatable bonds is 7. The number of benzene rings is 1. The van der Waals surface area contributed by atoms with Crippen LogP contribution in [0.15, 0.2) is 30.3 Å². The van der Waals surface area contributed by atoms with Gasteiger partial charge in [0.15, 0.2) is 0 Å². The van der Waals surface area contributed by atoms with Gasteiger partial charge in [0.2, 0.25) is 10.0 Å². The number of carboxylic acid groups (broad SMARTS) is 1. The van der Waals surface area contributed by atoms with Crippen LogP contribution in [0.4, 0.5) is 0 Å². The zero-order chi connectivity index (χ0) is 16.5. The normalized spacial score (nSPS) is 27.9. The van der Waals surface area contributed by atoms with Crippen LogP contribution in [0, 0.1) is 11.3 Å². The lowest BCUT2D eigenvalue weighted by Crippen LogP contribution is -2.45. The third kappa shape index (κ3) is 3.93. The summed E-state index contributed by atoms with van der Waals surface area (Å²) < 4.78 is 27.4. The van der Waals surface area contributed by atoms with Crippen molar-refractivity contribution in [2.75, 3.05) is 5.75 Å². The second kappa shape index (κ2) is 6.24. The molecule has 0 heterocycles. The number of hydrogen-bond acceptors (Lipinski definition) is 3. The molecule has 2 N–H and O–H groups in total. The van der Waals surface area contributed by atoms with Gasteiger partial charge in [0.05, 0.1) is 5.75 Å². The number of carboxylic acids is 1. The maximum atomic E-state index is 12.5. The lowest BCUT2D eigenvalue weighted by atomic mass is 9.87. The molecule has 0 unspecified atom stereocenters. The van der Waals surface area contributed by atoms with Crippen LogP contribution in [0.25, 0.3) is 0 Å². The Kier molecular flexibility index (Phi) is 4.47. The average molecular weight is 337 g/mol. The summed E-state index contributed by atoms with van der Waals surface area (Å²) in [5.41, 5.74) is 0.689. The molecule has 2 saturated carbocycles. The summed E-state index contributed by atoms with van der Waals surface area (Å²) in [7, 11) is -3.60. The van der Waals surface area contributed by atoms with E-state index >= 15 is 0 Å². The Morgan fingerprint density at radius 2 is 1.91 bits per heavy atom. The van der Waals surface area contributed by atoms with Gasteiger partial charge in [-0.2, -0.15) is 0 Å². The molecule has 2 aliphatic rings. The number of carbonyl (C=O) groups is 1. The highest BCUT2D eigenvalue weighted by atomic mass is 32.2.